The van der Waals surface area contributed by atoms with Crippen molar-refractivity contribution in [2.24, 2.45) is 0 Å². The summed E-state index contributed by atoms with van der Waals surface area (Å²) in [5, 5.41) is 4.99. The maximum atomic E-state index is 4.50. The van der Waals surface area contributed by atoms with Crippen molar-refractivity contribution in [3.63, 3.8) is 0 Å². The fourth-order valence-corrected chi connectivity index (χ4v) is 4.26. The number of hydrogen-bond donors (Lipinski definition) is 0. The molecule has 0 radical (unpaired) electrons. The van der Waals surface area contributed by atoms with Crippen molar-refractivity contribution < 1.29 is 0 Å². The van der Waals surface area contributed by atoms with E-state index in [9.17, 15) is 0 Å². The number of rotatable bonds is 0. The highest BCUT2D eigenvalue weighted by atomic mass is 32.1. The SMILES string of the molecule is c1cnc2cc3c(cc2c1)Cc1csc2cccc-3c12. The van der Waals surface area contributed by atoms with E-state index >= 15 is 0 Å². The van der Waals surface area contributed by atoms with Crippen LogP contribution in [0.5, 0.6) is 0 Å². The van der Waals surface area contributed by atoms with Crippen LogP contribution in [0.1, 0.15) is 11.1 Å². The summed E-state index contributed by atoms with van der Waals surface area (Å²) in [6.45, 7) is 0. The Hall–Kier alpha value is -2.19. The third-order valence-electron chi connectivity index (χ3n) is 4.17. The molecule has 94 valence electrons. The normalized spacial score (nSPS) is 12.8. The summed E-state index contributed by atoms with van der Waals surface area (Å²) in [6, 6.07) is 15.3. The van der Waals surface area contributed by atoms with Gasteiger partial charge >= 0.3 is 0 Å². The summed E-state index contributed by atoms with van der Waals surface area (Å²) in [6.07, 6.45) is 2.91. The molecule has 0 spiro atoms. The van der Waals surface area contributed by atoms with E-state index in [0.717, 1.165) is 11.9 Å². The fourth-order valence-electron chi connectivity index (χ4n) is 3.28. The largest absolute Gasteiger partial charge is 0.256 e. The lowest BCUT2D eigenvalue weighted by Gasteiger charge is -2.18. The maximum Gasteiger partial charge on any atom is 0.0708 e. The van der Waals surface area contributed by atoms with Crippen LogP contribution >= 0.6 is 11.3 Å². The number of nitrogens with zero attached hydrogens (tertiary/aromatic N) is 1. The van der Waals surface area contributed by atoms with Crippen LogP contribution in [0.4, 0.5) is 0 Å². The molecular formula is C18H11NS. The highest BCUT2D eigenvalue weighted by Gasteiger charge is 2.19. The van der Waals surface area contributed by atoms with Gasteiger partial charge in [0.1, 0.15) is 0 Å². The molecule has 0 bridgehead atoms. The summed E-state index contributed by atoms with van der Waals surface area (Å²) >= 11 is 1.85. The Kier molecular flexibility index (Phi) is 1.94. The van der Waals surface area contributed by atoms with Crippen molar-refractivity contribution in [1.29, 1.82) is 0 Å². The quantitative estimate of drug-likeness (QED) is 0.386. The molecule has 0 unspecified atom stereocenters. The lowest BCUT2D eigenvalue weighted by atomic mass is 9.86. The molecule has 20 heavy (non-hydrogen) atoms. The van der Waals surface area contributed by atoms with Crippen LogP contribution in [-0.2, 0) is 6.42 Å². The van der Waals surface area contributed by atoms with E-state index in [1.54, 1.807) is 0 Å². The second-order valence-electron chi connectivity index (χ2n) is 5.32. The molecule has 0 amide bonds. The molecule has 4 aromatic rings. The summed E-state index contributed by atoms with van der Waals surface area (Å²) in [7, 11) is 0. The van der Waals surface area contributed by atoms with Crippen molar-refractivity contribution in [2.45, 2.75) is 6.42 Å². The van der Waals surface area contributed by atoms with Gasteiger partial charge in [-0.1, -0.05) is 18.2 Å². The molecule has 0 fully saturated rings. The van der Waals surface area contributed by atoms with Gasteiger partial charge in [-0.05, 0) is 58.3 Å². The molecule has 0 atom stereocenters. The van der Waals surface area contributed by atoms with Gasteiger partial charge in [-0.3, -0.25) is 4.98 Å². The molecule has 2 aromatic carbocycles. The van der Waals surface area contributed by atoms with E-state index in [-0.39, 0.29) is 0 Å². The fraction of sp³-hybridized carbons (Fsp3) is 0.0556. The molecule has 2 heterocycles. The van der Waals surface area contributed by atoms with E-state index < -0.39 is 0 Å². The first-order valence-corrected chi connectivity index (χ1v) is 7.65. The van der Waals surface area contributed by atoms with Crippen molar-refractivity contribution in [2.75, 3.05) is 0 Å². The van der Waals surface area contributed by atoms with Gasteiger partial charge in [0, 0.05) is 21.7 Å². The smallest absolute Gasteiger partial charge is 0.0708 e. The van der Waals surface area contributed by atoms with Crippen LogP contribution in [-0.4, -0.2) is 4.98 Å². The molecule has 0 N–H and O–H groups in total. The number of hydrogen-bond acceptors (Lipinski definition) is 2. The second kappa shape index (κ2) is 3.68. The summed E-state index contributed by atoms with van der Waals surface area (Å²) in [4.78, 5) is 4.50. The summed E-state index contributed by atoms with van der Waals surface area (Å²) in [5.41, 5.74) is 6.70. The Bertz CT molecular complexity index is 981. The molecule has 0 saturated carbocycles. The number of fused-ring (bicyclic) bond motifs is 3. The Morgan fingerprint density at radius 2 is 1.95 bits per heavy atom. The zero-order valence-corrected chi connectivity index (χ0v) is 11.6. The molecule has 1 nitrogen and oxygen atoms in total. The van der Waals surface area contributed by atoms with E-state index in [2.05, 4.69) is 46.8 Å². The van der Waals surface area contributed by atoms with Crippen molar-refractivity contribution in [1.82, 2.24) is 4.98 Å². The zero-order chi connectivity index (χ0) is 13.1. The van der Waals surface area contributed by atoms with Crippen molar-refractivity contribution >= 4 is 32.3 Å². The van der Waals surface area contributed by atoms with Gasteiger partial charge in [0.05, 0.1) is 5.52 Å². The molecule has 1 aliphatic rings. The average Bonchev–Trinajstić information content (AvgIpc) is 2.90. The minimum Gasteiger partial charge on any atom is -0.256 e. The first kappa shape index (κ1) is 10.6. The third kappa shape index (κ3) is 1.29. The Morgan fingerprint density at radius 1 is 0.950 bits per heavy atom. The van der Waals surface area contributed by atoms with Crippen LogP contribution in [0.2, 0.25) is 0 Å². The third-order valence-corrected chi connectivity index (χ3v) is 5.17. The topological polar surface area (TPSA) is 12.9 Å². The van der Waals surface area contributed by atoms with E-state index in [1.807, 2.05) is 23.6 Å². The maximum absolute atomic E-state index is 4.50. The second-order valence-corrected chi connectivity index (χ2v) is 6.23. The van der Waals surface area contributed by atoms with Crippen molar-refractivity contribution in [3.8, 4) is 11.1 Å². The summed E-state index contributed by atoms with van der Waals surface area (Å²) < 4.78 is 1.39. The average molecular weight is 273 g/mol. The number of aromatic nitrogens is 1. The first-order chi connectivity index (χ1) is 9.90. The number of pyridine rings is 1. The van der Waals surface area contributed by atoms with E-state index in [1.165, 1.54) is 37.7 Å². The van der Waals surface area contributed by atoms with Gasteiger partial charge in [-0.2, -0.15) is 0 Å². The lowest BCUT2D eigenvalue weighted by Crippen LogP contribution is -1.99. The van der Waals surface area contributed by atoms with E-state index in [4.69, 9.17) is 0 Å². The standard InChI is InChI=1S/C18H11NS/c1-4-14-15-9-16-11(3-2-6-19-16)7-12(15)8-13-10-20-17(5-1)18(13)14/h1-7,9-10H,8H2. The minimum absolute atomic E-state index is 1.04. The Morgan fingerprint density at radius 3 is 2.95 bits per heavy atom. The van der Waals surface area contributed by atoms with Gasteiger partial charge in [0.2, 0.25) is 0 Å². The molecular weight excluding hydrogens is 262 g/mol. The molecule has 2 aromatic heterocycles. The number of thiophene rings is 1. The van der Waals surface area contributed by atoms with Gasteiger partial charge in [-0.25, -0.2) is 0 Å². The van der Waals surface area contributed by atoms with E-state index in [0.29, 0.717) is 0 Å². The highest BCUT2D eigenvalue weighted by Crippen LogP contribution is 2.42. The Balaban J connectivity index is 1.95. The molecule has 5 rings (SSSR count). The minimum atomic E-state index is 1.04. The molecule has 0 saturated heterocycles. The van der Waals surface area contributed by atoms with Crippen LogP contribution in [0.25, 0.3) is 32.1 Å². The zero-order valence-electron chi connectivity index (χ0n) is 10.8. The monoisotopic (exact) mass is 273 g/mol. The molecule has 0 aliphatic heterocycles. The molecule has 1 aliphatic carbocycles. The predicted octanol–water partition coefficient (Wildman–Crippen LogP) is 5.02. The van der Waals surface area contributed by atoms with Gasteiger partial charge in [-0.15, -0.1) is 11.3 Å². The Labute approximate surface area is 120 Å². The van der Waals surface area contributed by atoms with Gasteiger partial charge in [0.15, 0.2) is 0 Å². The van der Waals surface area contributed by atoms with Gasteiger partial charge in [0.25, 0.3) is 0 Å². The van der Waals surface area contributed by atoms with Crippen LogP contribution < -0.4 is 0 Å². The van der Waals surface area contributed by atoms with Crippen molar-refractivity contribution in [3.05, 3.63) is 65.2 Å². The van der Waals surface area contributed by atoms with Crippen LogP contribution in [0.3, 0.4) is 0 Å². The van der Waals surface area contributed by atoms with Crippen LogP contribution in [0, 0.1) is 0 Å². The van der Waals surface area contributed by atoms with Crippen LogP contribution in [0.15, 0.2) is 54.0 Å². The summed E-state index contributed by atoms with van der Waals surface area (Å²) in [5.74, 6) is 0. The first-order valence-electron chi connectivity index (χ1n) is 6.77. The molecule has 2 heteroatoms. The lowest BCUT2D eigenvalue weighted by molar-refractivity contribution is 1.22. The predicted molar refractivity (Wildman–Crippen MR) is 85.4 cm³/mol. The number of benzene rings is 2. The highest BCUT2D eigenvalue weighted by molar-refractivity contribution is 7.17. The van der Waals surface area contributed by atoms with Gasteiger partial charge < -0.3 is 0 Å².